The summed E-state index contributed by atoms with van der Waals surface area (Å²) in [6.07, 6.45) is 2.39. The zero-order valence-electron chi connectivity index (χ0n) is 12.5. The molecule has 0 unspecified atom stereocenters. The van der Waals surface area contributed by atoms with Crippen LogP contribution in [0.4, 0.5) is 0 Å². The van der Waals surface area contributed by atoms with Crippen LogP contribution >= 0.6 is 0 Å². The predicted octanol–water partition coefficient (Wildman–Crippen LogP) is 3.27. The number of hydrogen-bond donors (Lipinski definition) is 1. The lowest BCUT2D eigenvalue weighted by Gasteiger charge is -2.27. The summed E-state index contributed by atoms with van der Waals surface area (Å²) < 4.78 is 5.28. The first-order valence-corrected chi connectivity index (χ1v) is 7.31. The maximum absolute atomic E-state index is 11.3. The highest BCUT2D eigenvalue weighted by Gasteiger charge is 2.29. The van der Waals surface area contributed by atoms with Gasteiger partial charge in [-0.2, -0.15) is 0 Å². The Hall–Kier alpha value is -1.88. The topological polar surface area (TPSA) is 64.4 Å². The summed E-state index contributed by atoms with van der Waals surface area (Å²) in [5.41, 5.74) is 2.16. The van der Waals surface area contributed by atoms with E-state index in [9.17, 15) is 10.1 Å². The van der Waals surface area contributed by atoms with Gasteiger partial charge in [-0.15, -0.1) is 0 Å². The largest absolute Gasteiger partial charge is 0.382 e. The normalized spacial score (nSPS) is 20.2. The average Bonchev–Trinajstić information content (AvgIpc) is 2.49. The van der Waals surface area contributed by atoms with Crippen molar-refractivity contribution in [2.45, 2.75) is 32.2 Å². The van der Waals surface area contributed by atoms with Crippen molar-refractivity contribution in [3.05, 3.63) is 57.4 Å². The number of ether oxygens (including phenoxy) is 1. The first-order valence-electron chi connectivity index (χ1n) is 7.31. The van der Waals surface area contributed by atoms with Crippen molar-refractivity contribution in [2.24, 2.45) is 5.92 Å². The number of hydrogen-bond acceptors (Lipinski definition) is 4. The first-order chi connectivity index (χ1) is 10.1. The van der Waals surface area contributed by atoms with Crippen LogP contribution in [0.3, 0.4) is 0 Å². The van der Waals surface area contributed by atoms with Crippen LogP contribution in [0.15, 0.2) is 41.7 Å². The monoisotopic (exact) mass is 290 g/mol. The Balaban J connectivity index is 2.28. The smallest absolute Gasteiger partial charge is 0.265 e. The summed E-state index contributed by atoms with van der Waals surface area (Å²) in [7, 11) is 1.64. The van der Waals surface area contributed by atoms with Crippen LogP contribution in [-0.4, -0.2) is 18.6 Å². The van der Waals surface area contributed by atoms with E-state index in [1.165, 1.54) is 0 Å². The highest BCUT2D eigenvalue weighted by Crippen LogP contribution is 2.30. The van der Waals surface area contributed by atoms with Crippen LogP contribution in [0.5, 0.6) is 0 Å². The molecular formula is C16H22N2O3. The van der Waals surface area contributed by atoms with Crippen LogP contribution in [0, 0.1) is 16.0 Å². The van der Waals surface area contributed by atoms with Gasteiger partial charge >= 0.3 is 0 Å². The lowest BCUT2D eigenvalue weighted by molar-refractivity contribution is -0.431. The van der Waals surface area contributed by atoms with Gasteiger partial charge in [-0.25, -0.2) is 0 Å². The van der Waals surface area contributed by atoms with E-state index >= 15 is 0 Å². The van der Waals surface area contributed by atoms with Crippen molar-refractivity contribution in [3.63, 3.8) is 0 Å². The Labute approximate surface area is 125 Å². The molecule has 1 aliphatic rings. The minimum absolute atomic E-state index is 0.0679. The summed E-state index contributed by atoms with van der Waals surface area (Å²) in [5, 5.41) is 14.6. The molecule has 2 rings (SSSR count). The van der Waals surface area contributed by atoms with E-state index in [1.807, 2.05) is 37.3 Å². The highest BCUT2D eigenvalue weighted by molar-refractivity contribution is 5.22. The number of nitro groups is 1. The Kier molecular flexibility index (Phi) is 5.33. The van der Waals surface area contributed by atoms with Crippen molar-refractivity contribution >= 4 is 0 Å². The fraction of sp³-hybridized carbons (Fsp3) is 0.500. The molecule has 1 aromatic carbocycles. The number of allylic oxidation sites excluding steroid dienone is 2. The molecule has 0 amide bonds. The second-order valence-corrected chi connectivity index (χ2v) is 5.47. The molecule has 21 heavy (non-hydrogen) atoms. The molecule has 5 heteroatoms. The van der Waals surface area contributed by atoms with Crippen LogP contribution in [-0.2, 0) is 4.74 Å². The zero-order valence-corrected chi connectivity index (χ0v) is 12.5. The van der Waals surface area contributed by atoms with Crippen LogP contribution in [0.25, 0.3) is 0 Å². The maximum atomic E-state index is 11.3. The molecule has 5 nitrogen and oxygen atoms in total. The maximum Gasteiger partial charge on any atom is 0.265 e. The Morgan fingerprint density at radius 2 is 2.14 bits per heavy atom. The lowest BCUT2D eigenvalue weighted by atomic mass is 9.90. The first kappa shape index (κ1) is 15.5. The summed E-state index contributed by atoms with van der Waals surface area (Å²) >= 11 is 0. The van der Waals surface area contributed by atoms with Gasteiger partial charge in [0.2, 0.25) is 0 Å². The number of rotatable bonds is 6. The third-order valence-electron chi connectivity index (χ3n) is 3.94. The molecule has 0 spiro atoms. The van der Waals surface area contributed by atoms with Gasteiger partial charge in [-0.05, 0) is 18.4 Å². The van der Waals surface area contributed by atoms with Crippen LogP contribution < -0.4 is 5.32 Å². The third kappa shape index (κ3) is 3.82. The molecule has 0 radical (unpaired) electrons. The molecule has 1 N–H and O–H groups in total. The molecule has 1 aromatic rings. The number of nitrogens with zero attached hydrogens (tertiary/aromatic N) is 1. The predicted molar refractivity (Wildman–Crippen MR) is 81.2 cm³/mol. The van der Waals surface area contributed by atoms with Crippen LogP contribution in [0.1, 0.15) is 37.8 Å². The van der Waals surface area contributed by atoms with Crippen molar-refractivity contribution < 1.29 is 9.66 Å². The van der Waals surface area contributed by atoms with Crippen molar-refractivity contribution in [1.29, 1.82) is 0 Å². The quantitative estimate of drug-likeness (QED) is 0.645. The molecule has 0 heterocycles. The molecular weight excluding hydrogens is 268 g/mol. The van der Waals surface area contributed by atoms with Gasteiger partial charge in [-0.3, -0.25) is 10.1 Å². The number of benzene rings is 1. The molecule has 114 valence electrons. The van der Waals surface area contributed by atoms with Crippen LogP contribution in [0.2, 0.25) is 0 Å². The molecule has 2 atom stereocenters. The van der Waals surface area contributed by atoms with E-state index in [0.717, 1.165) is 24.1 Å². The zero-order chi connectivity index (χ0) is 15.2. The molecule has 0 aromatic heterocycles. The van der Waals surface area contributed by atoms with E-state index in [0.29, 0.717) is 18.7 Å². The average molecular weight is 290 g/mol. The van der Waals surface area contributed by atoms with Gasteiger partial charge in [-0.1, -0.05) is 37.3 Å². The van der Waals surface area contributed by atoms with E-state index < -0.39 is 0 Å². The van der Waals surface area contributed by atoms with Gasteiger partial charge < -0.3 is 10.1 Å². The lowest BCUT2D eigenvalue weighted by Crippen LogP contribution is -2.31. The highest BCUT2D eigenvalue weighted by atomic mass is 16.6. The molecule has 1 aliphatic carbocycles. The summed E-state index contributed by atoms with van der Waals surface area (Å²) in [6.45, 7) is 2.52. The fourth-order valence-corrected chi connectivity index (χ4v) is 2.82. The van der Waals surface area contributed by atoms with Crippen molar-refractivity contribution in [3.8, 4) is 0 Å². The van der Waals surface area contributed by atoms with E-state index in [4.69, 9.17) is 4.74 Å². The molecule has 0 fully saturated rings. The van der Waals surface area contributed by atoms with Gasteiger partial charge in [0.25, 0.3) is 5.70 Å². The molecule has 0 bridgehead atoms. The minimum atomic E-state index is -0.243. The molecule has 0 saturated carbocycles. The van der Waals surface area contributed by atoms with Gasteiger partial charge in [0.1, 0.15) is 0 Å². The molecule has 0 aliphatic heterocycles. The van der Waals surface area contributed by atoms with Crippen molar-refractivity contribution in [1.82, 2.24) is 5.32 Å². The second kappa shape index (κ2) is 7.22. The fourth-order valence-electron chi connectivity index (χ4n) is 2.82. The molecule has 0 saturated heterocycles. The summed E-state index contributed by atoms with van der Waals surface area (Å²) in [5.74, 6) is 0.183. The number of methoxy groups -OCH3 is 1. The minimum Gasteiger partial charge on any atom is -0.382 e. The summed E-state index contributed by atoms with van der Waals surface area (Å²) in [4.78, 5) is 11.0. The standard InChI is InChI=1S/C16H22N2O3/c1-12-7-6-10-15(18(19)20)16(12)17-14(11-21-2)13-8-4-3-5-9-13/h3-5,8-9,12,14,17H,6-7,10-11H2,1-2H3/t12-,14-/m1/s1. The van der Waals surface area contributed by atoms with Gasteiger partial charge in [0.15, 0.2) is 0 Å². The number of nitrogens with one attached hydrogen (secondary N) is 1. The summed E-state index contributed by atoms with van der Waals surface area (Å²) in [6, 6.07) is 9.84. The van der Waals surface area contributed by atoms with E-state index in [2.05, 4.69) is 5.32 Å². The van der Waals surface area contributed by atoms with E-state index in [-0.39, 0.29) is 16.9 Å². The second-order valence-electron chi connectivity index (χ2n) is 5.47. The third-order valence-corrected chi connectivity index (χ3v) is 3.94. The Bertz CT molecular complexity index is 514. The van der Waals surface area contributed by atoms with E-state index in [1.54, 1.807) is 7.11 Å². The van der Waals surface area contributed by atoms with Gasteiger partial charge in [0.05, 0.1) is 23.3 Å². The van der Waals surface area contributed by atoms with Gasteiger partial charge in [0, 0.05) is 19.4 Å². The Morgan fingerprint density at radius 3 is 2.76 bits per heavy atom. The van der Waals surface area contributed by atoms with Crippen molar-refractivity contribution in [2.75, 3.05) is 13.7 Å². The SMILES string of the molecule is COC[C@@H](NC1=C([N+](=O)[O-])CCC[C@H]1C)c1ccccc1. The Morgan fingerprint density at radius 1 is 1.43 bits per heavy atom.